The Morgan fingerprint density at radius 2 is 1.48 bits per heavy atom. The molecule has 116 valence electrons. The highest BCUT2D eigenvalue weighted by Crippen LogP contribution is 2.21. The quantitative estimate of drug-likeness (QED) is 0.717. The summed E-state index contributed by atoms with van der Waals surface area (Å²) >= 11 is 1.31. The third kappa shape index (κ3) is 3.49. The van der Waals surface area contributed by atoms with Gasteiger partial charge in [0.05, 0.1) is 4.90 Å². The van der Waals surface area contributed by atoms with Crippen LogP contribution in [0.3, 0.4) is 0 Å². The number of rotatable bonds is 5. The number of benzene rings is 2. The fourth-order valence-electron chi connectivity index (χ4n) is 2.07. The average Bonchev–Trinajstić information content (AvgIpc) is 3.07. The van der Waals surface area contributed by atoms with E-state index in [0.717, 1.165) is 0 Å². The van der Waals surface area contributed by atoms with E-state index in [1.807, 2.05) is 6.07 Å². The van der Waals surface area contributed by atoms with E-state index in [-0.39, 0.29) is 10.7 Å². The maximum absolute atomic E-state index is 12.3. The van der Waals surface area contributed by atoms with Crippen LogP contribution in [0.5, 0.6) is 0 Å². The Balaban J connectivity index is 1.83. The zero-order valence-corrected chi connectivity index (χ0v) is 13.6. The first-order chi connectivity index (χ1) is 11.1. The van der Waals surface area contributed by atoms with Gasteiger partial charge < -0.3 is 0 Å². The van der Waals surface area contributed by atoms with Gasteiger partial charge >= 0.3 is 0 Å². The molecule has 3 aromatic rings. The van der Waals surface area contributed by atoms with E-state index in [1.165, 1.54) is 35.6 Å². The molecule has 0 aliphatic rings. The number of sulfonamides is 1. The molecule has 0 fully saturated rings. The zero-order chi connectivity index (χ0) is 16.3. The van der Waals surface area contributed by atoms with Crippen LogP contribution in [-0.2, 0) is 10.0 Å². The molecule has 0 amide bonds. The summed E-state index contributed by atoms with van der Waals surface area (Å²) in [4.78, 5) is 12.4. The van der Waals surface area contributed by atoms with Crippen LogP contribution in [-0.4, -0.2) is 14.2 Å². The SMILES string of the molecule is O=C(c1ccccc1)c1ccc(S(=O)(=O)Nc2cccs2)cc1. The van der Waals surface area contributed by atoms with Crippen LogP contribution in [0.1, 0.15) is 15.9 Å². The third-order valence-electron chi connectivity index (χ3n) is 3.22. The first-order valence-corrected chi connectivity index (χ1v) is 9.19. The van der Waals surface area contributed by atoms with Crippen molar-refractivity contribution in [1.29, 1.82) is 0 Å². The Bertz CT molecular complexity index is 900. The predicted octanol–water partition coefficient (Wildman–Crippen LogP) is 3.78. The highest BCUT2D eigenvalue weighted by Gasteiger charge is 2.16. The van der Waals surface area contributed by atoms with Crippen LogP contribution in [0.15, 0.2) is 77.0 Å². The van der Waals surface area contributed by atoms with Gasteiger partial charge in [-0.05, 0) is 41.8 Å². The fourth-order valence-corrected chi connectivity index (χ4v) is 4.00. The minimum absolute atomic E-state index is 0.121. The van der Waals surface area contributed by atoms with Crippen LogP contribution in [0.4, 0.5) is 5.00 Å². The van der Waals surface area contributed by atoms with Crippen molar-refractivity contribution in [3.05, 3.63) is 83.2 Å². The average molecular weight is 343 g/mol. The van der Waals surface area contributed by atoms with Gasteiger partial charge in [-0.1, -0.05) is 30.3 Å². The molecule has 0 atom stereocenters. The smallest absolute Gasteiger partial charge is 0.262 e. The van der Waals surface area contributed by atoms with E-state index in [4.69, 9.17) is 0 Å². The molecule has 0 spiro atoms. The van der Waals surface area contributed by atoms with Gasteiger partial charge in [-0.3, -0.25) is 9.52 Å². The first-order valence-electron chi connectivity index (χ1n) is 6.82. The Hall–Kier alpha value is -2.44. The van der Waals surface area contributed by atoms with E-state index in [0.29, 0.717) is 16.1 Å². The molecule has 3 rings (SSSR count). The van der Waals surface area contributed by atoms with Crippen molar-refractivity contribution in [2.24, 2.45) is 0 Å². The summed E-state index contributed by atoms with van der Waals surface area (Å²) in [5.74, 6) is -0.138. The third-order valence-corrected chi connectivity index (χ3v) is 5.51. The minimum Gasteiger partial charge on any atom is -0.289 e. The molecular formula is C17H13NO3S2. The molecule has 1 N–H and O–H groups in total. The molecule has 4 nitrogen and oxygen atoms in total. The number of hydrogen-bond acceptors (Lipinski definition) is 4. The second kappa shape index (κ2) is 6.36. The van der Waals surface area contributed by atoms with Gasteiger partial charge in [0.2, 0.25) is 0 Å². The molecule has 0 aliphatic heterocycles. The van der Waals surface area contributed by atoms with E-state index < -0.39 is 10.0 Å². The standard InChI is InChI=1S/C17H13NO3S2/c19-17(13-5-2-1-3-6-13)14-8-10-15(11-9-14)23(20,21)18-16-7-4-12-22-16/h1-12,18H. The maximum Gasteiger partial charge on any atom is 0.262 e. The van der Waals surface area contributed by atoms with Crippen LogP contribution in [0, 0.1) is 0 Å². The van der Waals surface area contributed by atoms with Crippen LogP contribution < -0.4 is 4.72 Å². The Morgan fingerprint density at radius 1 is 0.826 bits per heavy atom. The second-order valence-corrected chi connectivity index (χ2v) is 7.43. The van der Waals surface area contributed by atoms with Gasteiger partial charge in [0, 0.05) is 11.1 Å². The minimum atomic E-state index is -3.64. The number of carbonyl (C=O) groups is 1. The van der Waals surface area contributed by atoms with Crippen molar-refractivity contribution in [3.63, 3.8) is 0 Å². The number of hydrogen-bond donors (Lipinski definition) is 1. The molecular weight excluding hydrogens is 330 g/mol. The van der Waals surface area contributed by atoms with Crippen molar-refractivity contribution < 1.29 is 13.2 Å². The van der Waals surface area contributed by atoms with Crippen molar-refractivity contribution >= 4 is 32.1 Å². The van der Waals surface area contributed by atoms with Crippen molar-refractivity contribution in [3.8, 4) is 0 Å². The van der Waals surface area contributed by atoms with Crippen LogP contribution in [0.25, 0.3) is 0 Å². The molecule has 6 heteroatoms. The topological polar surface area (TPSA) is 63.2 Å². The fraction of sp³-hybridized carbons (Fsp3) is 0. The second-order valence-electron chi connectivity index (χ2n) is 4.80. The van der Waals surface area contributed by atoms with Crippen molar-refractivity contribution in [2.45, 2.75) is 4.90 Å². The van der Waals surface area contributed by atoms with Gasteiger partial charge in [0.1, 0.15) is 5.00 Å². The lowest BCUT2D eigenvalue weighted by Crippen LogP contribution is -2.12. The lowest BCUT2D eigenvalue weighted by Gasteiger charge is -2.07. The largest absolute Gasteiger partial charge is 0.289 e. The van der Waals surface area contributed by atoms with Gasteiger partial charge in [-0.15, -0.1) is 11.3 Å². The van der Waals surface area contributed by atoms with Crippen LogP contribution in [0.2, 0.25) is 0 Å². The van der Waals surface area contributed by atoms with E-state index >= 15 is 0 Å². The molecule has 2 aromatic carbocycles. The van der Waals surface area contributed by atoms with Crippen molar-refractivity contribution in [1.82, 2.24) is 0 Å². The van der Waals surface area contributed by atoms with Gasteiger partial charge in [0.15, 0.2) is 5.78 Å². The molecule has 0 saturated carbocycles. The maximum atomic E-state index is 12.3. The molecule has 0 aliphatic carbocycles. The molecule has 0 radical (unpaired) electrons. The lowest BCUT2D eigenvalue weighted by molar-refractivity contribution is 0.103. The summed E-state index contributed by atoms with van der Waals surface area (Å²) in [6, 6.07) is 18.3. The van der Waals surface area contributed by atoms with Gasteiger partial charge in [0.25, 0.3) is 10.0 Å². The summed E-state index contributed by atoms with van der Waals surface area (Å²) in [5.41, 5.74) is 1.02. The highest BCUT2D eigenvalue weighted by atomic mass is 32.2. The summed E-state index contributed by atoms with van der Waals surface area (Å²) in [6.45, 7) is 0. The summed E-state index contributed by atoms with van der Waals surface area (Å²) in [7, 11) is -3.64. The normalized spacial score (nSPS) is 11.1. The van der Waals surface area contributed by atoms with E-state index in [1.54, 1.807) is 41.8 Å². The number of nitrogens with one attached hydrogen (secondary N) is 1. The monoisotopic (exact) mass is 343 g/mol. The summed E-state index contributed by atoms with van der Waals surface area (Å²) in [5, 5.41) is 2.34. The molecule has 0 unspecified atom stereocenters. The first kappa shape index (κ1) is 15.5. The summed E-state index contributed by atoms with van der Waals surface area (Å²) < 4.78 is 27.0. The predicted molar refractivity (Wildman–Crippen MR) is 91.4 cm³/mol. The van der Waals surface area contributed by atoms with E-state index in [2.05, 4.69) is 4.72 Å². The van der Waals surface area contributed by atoms with Crippen LogP contribution >= 0.6 is 11.3 Å². The van der Waals surface area contributed by atoms with Gasteiger partial charge in [-0.25, -0.2) is 8.42 Å². The number of ketones is 1. The Labute approximate surface area is 138 Å². The highest BCUT2D eigenvalue weighted by molar-refractivity contribution is 7.93. The lowest BCUT2D eigenvalue weighted by atomic mass is 10.0. The van der Waals surface area contributed by atoms with E-state index in [9.17, 15) is 13.2 Å². The Morgan fingerprint density at radius 3 is 2.09 bits per heavy atom. The zero-order valence-electron chi connectivity index (χ0n) is 12.0. The molecule has 23 heavy (non-hydrogen) atoms. The summed E-state index contributed by atoms with van der Waals surface area (Å²) in [6.07, 6.45) is 0. The van der Waals surface area contributed by atoms with Gasteiger partial charge in [-0.2, -0.15) is 0 Å². The Kier molecular flexibility index (Phi) is 4.27. The molecule has 1 aromatic heterocycles. The number of anilines is 1. The molecule has 1 heterocycles. The van der Waals surface area contributed by atoms with Crippen molar-refractivity contribution in [2.75, 3.05) is 4.72 Å². The molecule has 0 bridgehead atoms. The molecule has 0 saturated heterocycles. The number of carbonyl (C=O) groups excluding carboxylic acids is 1. The number of thiophene rings is 1.